The molecule has 15 heteroatoms. The minimum atomic E-state index is -0.473. The van der Waals surface area contributed by atoms with Gasteiger partial charge >= 0.3 is 5.69 Å². The molecule has 3 amide bonds. The summed E-state index contributed by atoms with van der Waals surface area (Å²) in [5, 5.41) is 18.2. The van der Waals surface area contributed by atoms with Crippen molar-refractivity contribution in [2.45, 2.75) is 25.8 Å². The van der Waals surface area contributed by atoms with Crippen LogP contribution in [0.4, 0.5) is 0 Å². The van der Waals surface area contributed by atoms with E-state index in [0.717, 1.165) is 15.9 Å². The first-order valence-corrected chi connectivity index (χ1v) is 13.5. The number of aryl methyl sites for hydroxylation is 2. The lowest BCUT2D eigenvalue weighted by atomic mass is 9.88. The van der Waals surface area contributed by atoms with Gasteiger partial charge in [0.25, 0.3) is 12.4 Å². The van der Waals surface area contributed by atoms with Gasteiger partial charge in [-0.05, 0) is 37.1 Å². The first-order valence-electron chi connectivity index (χ1n) is 13.5. The van der Waals surface area contributed by atoms with Crippen molar-refractivity contribution in [3.8, 4) is 5.75 Å². The zero-order valence-electron chi connectivity index (χ0n) is 23.4. The number of nitrogens with one attached hydrogen (secondary N) is 2. The van der Waals surface area contributed by atoms with Gasteiger partial charge in [-0.2, -0.15) is 5.10 Å². The molecule has 3 aromatic rings. The molecule has 0 aliphatic carbocycles. The van der Waals surface area contributed by atoms with E-state index in [1.165, 1.54) is 7.05 Å². The maximum absolute atomic E-state index is 13.3. The fraction of sp³-hybridized carbons (Fsp3) is 0.444. The maximum Gasteiger partial charge on any atom is 0.343 e. The number of hydrogen-bond acceptors (Lipinski definition) is 8. The van der Waals surface area contributed by atoms with E-state index >= 15 is 0 Å². The average Bonchev–Trinajstić information content (AvgIpc) is 3.68. The van der Waals surface area contributed by atoms with Gasteiger partial charge in [0.05, 0.1) is 18.2 Å². The molecule has 0 saturated carbocycles. The van der Waals surface area contributed by atoms with Gasteiger partial charge in [-0.15, -0.1) is 5.10 Å². The monoisotopic (exact) mass is 582 g/mol. The minimum Gasteiger partial charge on any atom is -0.492 e. The fourth-order valence-electron chi connectivity index (χ4n) is 5.09. The SMILES string of the molecule is Cc1ccn(CC(=O)N2C[C@@H]3C(=O)NCCCN(C(=O)c4nn(C)c(=O)[nH]4)CCOc4cccc(c4)[C@H]3C2)n1.O=CO. The van der Waals surface area contributed by atoms with E-state index in [1.54, 1.807) is 20.7 Å². The zero-order chi connectivity index (χ0) is 30.2. The number of H-pyrrole nitrogens is 1. The third-order valence-electron chi connectivity index (χ3n) is 7.16. The van der Waals surface area contributed by atoms with E-state index in [4.69, 9.17) is 14.6 Å². The van der Waals surface area contributed by atoms with Crippen LogP contribution in [0.3, 0.4) is 0 Å². The molecule has 42 heavy (non-hydrogen) atoms. The van der Waals surface area contributed by atoms with Gasteiger partial charge in [0.1, 0.15) is 18.9 Å². The van der Waals surface area contributed by atoms with Crippen LogP contribution in [-0.2, 0) is 28.0 Å². The Balaban J connectivity index is 0.00000129. The second-order valence-electron chi connectivity index (χ2n) is 10.0. The lowest BCUT2D eigenvalue weighted by Gasteiger charge is -2.24. The van der Waals surface area contributed by atoms with E-state index in [-0.39, 0.29) is 49.7 Å². The molecule has 2 aliphatic heterocycles. The lowest BCUT2D eigenvalue weighted by molar-refractivity contribution is -0.131. The number of carbonyl (C=O) groups excluding carboxylic acids is 3. The number of aromatic nitrogens is 5. The second kappa shape index (κ2) is 13.6. The third kappa shape index (κ3) is 7.21. The summed E-state index contributed by atoms with van der Waals surface area (Å²) < 4.78 is 8.66. The molecular formula is C27H34N8O7. The molecule has 0 radical (unpaired) electrons. The Bertz CT molecular complexity index is 1480. The lowest BCUT2D eigenvalue weighted by Crippen LogP contribution is -2.40. The number of carbonyl (C=O) groups is 4. The molecule has 0 spiro atoms. The molecule has 1 aromatic carbocycles. The summed E-state index contributed by atoms with van der Waals surface area (Å²) in [5.74, 6) is -0.689. The number of nitrogens with zero attached hydrogens (tertiary/aromatic N) is 6. The van der Waals surface area contributed by atoms with Crippen molar-refractivity contribution in [1.82, 2.24) is 39.7 Å². The summed E-state index contributed by atoms with van der Waals surface area (Å²) in [7, 11) is 1.47. The Morgan fingerprint density at radius 2 is 1.88 bits per heavy atom. The summed E-state index contributed by atoms with van der Waals surface area (Å²) in [5.41, 5.74) is 1.27. The predicted octanol–water partition coefficient (Wildman–Crippen LogP) is -0.403. The molecule has 15 nitrogen and oxygen atoms in total. The van der Waals surface area contributed by atoms with Crippen molar-refractivity contribution in [3.63, 3.8) is 0 Å². The first kappa shape index (κ1) is 30.0. The van der Waals surface area contributed by atoms with Crippen LogP contribution in [0.5, 0.6) is 5.75 Å². The smallest absolute Gasteiger partial charge is 0.343 e. The van der Waals surface area contributed by atoms with Crippen molar-refractivity contribution >= 4 is 24.2 Å². The molecule has 2 bridgehead atoms. The number of hydrogen-bond donors (Lipinski definition) is 3. The Labute approximate surface area is 241 Å². The van der Waals surface area contributed by atoms with Crippen LogP contribution >= 0.6 is 0 Å². The molecule has 1 fully saturated rings. The van der Waals surface area contributed by atoms with Gasteiger partial charge in [0, 0.05) is 45.3 Å². The van der Waals surface area contributed by atoms with Gasteiger partial charge < -0.3 is 25.0 Å². The number of likely N-dealkylation sites (tertiary alicyclic amines) is 1. The van der Waals surface area contributed by atoms with Crippen molar-refractivity contribution in [1.29, 1.82) is 0 Å². The number of aromatic amines is 1. The molecule has 224 valence electrons. The van der Waals surface area contributed by atoms with Crippen molar-refractivity contribution in [2.75, 3.05) is 39.3 Å². The van der Waals surface area contributed by atoms with E-state index < -0.39 is 17.5 Å². The Hall–Kier alpha value is -4.95. The molecule has 5 rings (SSSR count). The Morgan fingerprint density at radius 3 is 2.57 bits per heavy atom. The van der Waals surface area contributed by atoms with Gasteiger partial charge in [0.15, 0.2) is 0 Å². The highest BCUT2D eigenvalue weighted by molar-refractivity contribution is 5.90. The predicted molar refractivity (Wildman–Crippen MR) is 148 cm³/mol. The minimum absolute atomic E-state index is 0.0431. The molecule has 3 N–H and O–H groups in total. The normalized spacial score (nSPS) is 19.0. The average molecular weight is 583 g/mol. The molecule has 0 unspecified atom stereocenters. The quantitative estimate of drug-likeness (QED) is 0.346. The molecule has 4 heterocycles. The number of fused-ring (bicyclic) bond motifs is 4. The first-order chi connectivity index (χ1) is 20.2. The molecule has 2 atom stereocenters. The van der Waals surface area contributed by atoms with Crippen LogP contribution in [0.25, 0.3) is 0 Å². The van der Waals surface area contributed by atoms with Crippen LogP contribution in [0, 0.1) is 12.8 Å². The summed E-state index contributed by atoms with van der Waals surface area (Å²) in [6, 6.07) is 9.37. The van der Waals surface area contributed by atoms with Crippen molar-refractivity contribution in [2.24, 2.45) is 13.0 Å². The number of carboxylic acid groups (broad SMARTS) is 1. The Morgan fingerprint density at radius 1 is 1.12 bits per heavy atom. The largest absolute Gasteiger partial charge is 0.492 e. The van der Waals surface area contributed by atoms with E-state index in [1.807, 2.05) is 37.3 Å². The van der Waals surface area contributed by atoms with Gasteiger partial charge in [-0.1, -0.05) is 12.1 Å². The molecule has 2 aliphatic rings. The maximum atomic E-state index is 13.3. The topological polar surface area (TPSA) is 185 Å². The van der Waals surface area contributed by atoms with Crippen LogP contribution < -0.4 is 15.7 Å². The summed E-state index contributed by atoms with van der Waals surface area (Å²) in [4.78, 5) is 65.3. The highest BCUT2D eigenvalue weighted by atomic mass is 16.5. The number of amides is 3. The fourth-order valence-corrected chi connectivity index (χ4v) is 5.09. The Kier molecular flexibility index (Phi) is 9.73. The van der Waals surface area contributed by atoms with Crippen molar-refractivity contribution in [3.05, 3.63) is 64.1 Å². The summed E-state index contributed by atoms with van der Waals surface area (Å²) >= 11 is 0. The van der Waals surface area contributed by atoms with E-state index in [9.17, 15) is 19.2 Å². The van der Waals surface area contributed by atoms with E-state index in [2.05, 4.69) is 20.5 Å². The summed E-state index contributed by atoms with van der Waals surface area (Å²) in [6.07, 6.45) is 2.27. The molecule has 2 aromatic heterocycles. The van der Waals surface area contributed by atoms with Gasteiger partial charge in [-0.25, -0.2) is 9.48 Å². The van der Waals surface area contributed by atoms with E-state index in [0.29, 0.717) is 38.3 Å². The van der Waals surface area contributed by atoms with Crippen LogP contribution in [0.1, 0.15) is 34.2 Å². The number of benzene rings is 1. The van der Waals surface area contributed by atoms with Crippen LogP contribution in [0.15, 0.2) is 41.3 Å². The van der Waals surface area contributed by atoms with Crippen molar-refractivity contribution < 1.29 is 29.0 Å². The highest BCUT2D eigenvalue weighted by Crippen LogP contribution is 2.34. The molecular weight excluding hydrogens is 548 g/mol. The molecule has 1 saturated heterocycles. The highest BCUT2D eigenvalue weighted by Gasteiger charge is 2.40. The van der Waals surface area contributed by atoms with Crippen LogP contribution in [-0.4, -0.2) is 103 Å². The van der Waals surface area contributed by atoms with Gasteiger partial charge in [-0.3, -0.25) is 28.8 Å². The third-order valence-corrected chi connectivity index (χ3v) is 7.16. The summed E-state index contributed by atoms with van der Waals surface area (Å²) in [6.45, 7) is 3.66. The van der Waals surface area contributed by atoms with Crippen LogP contribution in [0.2, 0.25) is 0 Å². The van der Waals surface area contributed by atoms with Gasteiger partial charge in [0.2, 0.25) is 17.6 Å². The number of ether oxygens (including phenoxy) is 1. The standard InChI is InChI=1S/C26H32N8O5.CH2O2/c1-17-7-10-34(29-17)16-22(35)33-14-20-18-5-3-6-19(13-18)39-12-11-32(9-4-8-27-24(36)21(20)15-33)25(37)23-28-26(38)31(2)30-23;2-1-3/h3,5-7,10,13,20-21H,4,8-9,11-12,14-16H2,1-2H3,(H,27,36)(H,28,30,38);1H,(H,2,3)/t20-,21+;/m1./s1. The zero-order valence-corrected chi connectivity index (χ0v) is 23.4. The second-order valence-corrected chi connectivity index (χ2v) is 10.0. The number of rotatable bonds is 3.